The minimum atomic E-state index is 0.0553. The fraction of sp³-hybridized carbons (Fsp3) is 0.100. The van der Waals surface area contributed by atoms with Gasteiger partial charge in [0.25, 0.3) is 11.9 Å². The van der Waals surface area contributed by atoms with E-state index in [1.54, 1.807) is 31.6 Å². The topological polar surface area (TPSA) is 74.3 Å². The third-order valence-corrected chi connectivity index (χ3v) is 2.88. The van der Waals surface area contributed by atoms with Crippen molar-refractivity contribution < 1.29 is 0 Å². The maximum absolute atomic E-state index is 5.95. The van der Waals surface area contributed by atoms with Gasteiger partial charge in [0.05, 0.1) is 16.9 Å². The number of aryl methyl sites for hydroxylation is 1. The summed E-state index contributed by atoms with van der Waals surface area (Å²) in [7, 11) is 0. The fourth-order valence-corrected chi connectivity index (χ4v) is 1.74. The van der Waals surface area contributed by atoms with Gasteiger partial charge in [-0.25, -0.2) is 9.36 Å². The zero-order chi connectivity index (χ0) is 13.4. The van der Waals surface area contributed by atoms with Crippen LogP contribution in [0.1, 0.15) is 5.69 Å². The van der Waals surface area contributed by atoms with Crippen molar-refractivity contribution in [1.82, 2.24) is 34.5 Å². The first-order valence-electron chi connectivity index (χ1n) is 5.27. The number of halogens is 2. The molecule has 0 amide bonds. The largest absolute Gasteiger partial charge is 0.256 e. The third kappa shape index (κ3) is 2.29. The van der Waals surface area contributed by atoms with Crippen LogP contribution in [0.25, 0.3) is 11.9 Å². The molecule has 96 valence electrons. The Labute approximate surface area is 117 Å². The summed E-state index contributed by atoms with van der Waals surface area (Å²) in [5.41, 5.74) is 0.679. The molecule has 0 aliphatic heterocycles. The Hall–Kier alpha value is -1.99. The first-order valence-corrected chi connectivity index (χ1v) is 6.03. The van der Waals surface area contributed by atoms with Crippen LogP contribution in [0.5, 0.6) is 0 Å². The van der Waals surface area contributed by atoms with Crippen LogP contribution < -0.4 is 0 Å². The van der Waals surface area contributed by atoms with Crippen LogP contribution >= 0.6 is 23.2 Å². The van der Waals surface area contributed by atoms with Gasteiger partial charge < -0.3 is 0 Å². The van der Waals surface area contributed by atoms with Gasteiger partial charge >= 0.3 is 0 Å². The molecule has 7 nitrogen and oxygen atoms in total. The number of aromatic nitrogens is 7. The standard InChI is InChI=1S/C10H7Cl2N7/c1-6-7(11)5-19(17-6)10-15-8(12)14-9(16-10)18-4-2-3-13-18/h2-5H,1H3. The predicted octanol–water partition coefficient (Wildman–Crippen LogP) is 1.86. The van der Waals surface area contributed by atoms with Gasteiger partial charge in [0.15, 0.2) is 0 Å². The van der Waals surface area contributed by atoms with Crippen LogP contribution in [0.4, 0.5) is 0 Å². The van der Waals surface area contributed by atoms with Gasteiger partial charge in [-0.3, -0.25) is 0 Å². The molecule has 0 bridgehead atoms. The van der Waals surface area contributed by atoms with E-state index in [9.17, 15) is 0 Å². The summed E-state index contributed by atoms with van der Waals surface area (Å²) in [6, 6.07) is 1.76. The molecule has 0 saturated heterocycles. The summed E-state index contributed by atoms with van der Waals surface area (Å²) in [6.45, 7) is 1.79. The molecule has 0 unspecified atom stereocenters. The van der Waals surface area contributed by atoms with Crippen molar-refractivity contribution in [3.8, 4) is 11.9 Å². The molecule has 9 heteroatoms. The molecule has 0 radical (unpaired) electrons. The minimum Gasteiger partial charge on any atom is -0.206 e. The lowest BCUT2D eigenvalue weighted by Crippen LogP contribution is -2.09. The molecule has 0 N–H and O–H groups in total. The molecule has 19 heavy (non-hydrogen) atoms. The number of hydrogen-bond donors (Lipinski definition) is 0. The van der Waals surface area contributed by atoms with Crippen LogP contribution in [0.2, 0.25) is 10.3 Å². The van der Waals surface area contributed by atoms with Gasteiger partial charge in [-0.15, -0.1) is 0 Å². The van der Waals surface area contributed by atoms with Gasteiger partial charge in [-0.05, 0) is 24.6 Å². The van der Waals surface area contributed by atoms with Crippen LogP contribution in [-0.4, -0.2) is 34.5 Å². The molecule has 0 aliphatic rings. The predicted molar refractivity (Wildman–Crippen MR) is 68.8 cm³/mol. The van der Waals surface area contributed by atoms with Crippen molar-refractivity contribution >= 4 is 23.2 Å². The number of rotatable bonds is 2. The smallest absolute Gasteiger partial charge is 0.206 e. The first kappa shape index (κ1) is 12.1. The number of hydrogen-bond acceptors (Lipinski definition) is 5. The lowest BCUT2D eigenvalue weighted by molar-refractivity contribution is 0.740. The Kier molecular flexibility index (Phi) is 2.92. The van der Waals surface area contributed by atoms with Gasteiger partial charge in [0, 0.05) is 12.4 Å². The highest BCUT2D eigenvalue weighted by atomic mass is 35.5. The molecule has 0 spiro atoms. The summed E-state index contributed by atoms with van der Waals surface area (Å²) >= 11 is 11.8. The van der Waals surface area contributed by atoms with E-state index in [4.69, 9.17) is 23.2 Å². The molecule has 3 aromatic rings. The Morgan fingerprint density at radius 1 is 1.05 bits per heavy atom. The second-order valence-electron chi connectivity index (χ2n) is 3.66. The molecule has 0 atom stereocenters. The highest BCUT2D eigenvalue weighted by Crippen LogP contribution is 2.15. The van der Waals surface area contributed by atoms with E-state index in [2.05, 4.69) is 25.1 Å². The molecule has 0 aliphatic carbocycles. The average Bonchev–Trinajstić information content (AvgIpc) is 3.00. The summed E-state index contributed by atoms with van der Waals surface area (Å²) in [5.74, 6) is 0.588. The molecule has 0 aromatic carbocycles. The number of nitrogens with zero attached hydrogens (tertiary/aromatic N) is 7. The van der Waals surface area contributed by atoms with Crippen molar-refractivity contribution in [3.05, 3.63) is 40.7 Å². The maximum Gasteiger partial charge on any atom is 0.256 e. The van der Waals surface area contributed by atoms with Crippen molar-refractivity contribution in [2.45, 2.75) is 6.92 Å². The lowest BCUT2D eigenvalue weighted by atomic mass is 10.5. The molecule has 3 aromatic heterocycles. The SMILES string of the molecule is Cc1nn(-c2nc(Cl)nc(-n3cccn3)n2)cc1Cl. The van der Waals surface area contributed by atoms with Gasteiger partial charge in [0.1, 0.15) is 0 Å². The van der Waals surface area contributed by atoms with Crippen molar-refractivity contribution in [1.29, 1.82) is 0 Å². The third-order valence-electron chi connectivity index (χ3n) is 2.34. The quantitative estimate of drug-likeness (QED) is 0.721. The molecular formula is C10H7Cl2N7. The van der Waals surface area contributed by atoms with Crippen molar-refractivity contribution in [3.63, 3.8) is 0 Å². The van der Waals surface area contributed by atoms with Crippen LogP contribution in [0.3, 0.4) is 0 Å². The maximum atomic E-state index is 5.95. The summed E-state index contributed by atoms with van der Waals surface area (Å²) < 4.78 is 2.92. The van der Waals surface area contributed by atoms with Gasteiger partial charge in [0.2, 0.25) is 5.28 Å². The van der Waals surface area contributed by atoms with E-state index in [0.29, 0.717) is 16.7 Å². The summed E-state index contributed by atoms with van der Waals surface area (Å²) in [4.78, 5) is 12.2. The highest BCUT2D eigenvalue weighted by Gasteiger charge is 2.11. The minimum absolute atomic E-state index is 0.0553. The fourth-order valence-electron chi connectivity index (χ4n) is 1.46. The Bertz CT molecular complexity index is 700. The molecular weight excluding hydrogens is 289 g/mol. The Morgan fingerprint density at radius 2 is 1.79 bits per heavy atom. The summed E-state index contributed by atoms with van der Waals surface area (Å²) in [6.07, 6.45) is 4.93. The van der Waals surface area contributed by atoms with E-state index < -0.39 is 0 Å². The highest BCUT2D eigenvalue weighted by molar-refractivity contribution is 6.31. The van der Waals surface area contributed by atoms with E-state index >= 15 is 0 Å². The van der Waals surface area contributed by atoms with E-state index in [1.165, 1.54) is 9.36 Å². The van der Waals surface area contributed by atoms with E-state index in [1.807, 2.05) is 0 Å². The van der Waals surface area contributed by atoms with E-state index in [-0.39, 0.29) is 11.2 Å². The molecule has 0 saturated carbocycles. The second kappa shape index (κ2) is 4.60. The van der Waals surface area contributed by atoms with E-state index in [0.717, 1.165) is 0 Å². The Balaban J connectivity index is 2.12. The van der Waals surface area contributed by atoms with Crippen LogP contribution in [0, 0.1) is 6.92 Å². The molecule has 3 rings (SSSR count). The molecule has 3 heterocycles. The van der Waals surface area contributed by atoms with Crippen molar-refractivity contribution in [2.24, 2.45) is 0 Å². The van der Waals surface area contributed by atoms with Gasteiger partial charge in [-0.2, -0.15) is 25.1 Å². The zero-order valence-electron chi connectivity index (χ0n) is 9.70. The second-order valence-corrected chi connectivity index (χ2v) is 4.41. The monoisotopic (exact) mass is 295 g/mol. The van der Waals surface area contributed by atoms with Crippen molar-refractivity contribution in [2.75, 3.05) is 0 Å². The Morgan fingerprint density at radius 3 is 2.37 bits per heavy atom. The lowest BCUT2D eigenvalue weighted by Gasteiger charge is -2.03. The van der Waals surface area contributed by atoms with Crippen LogP contribution in [0.15, 0.2) is 24.7 Å². The van der Waals surface area contributed by atoms with Gasteiger partial charge in [-0.1, -0.05) is 11.6 Å². The zero-order valence-corrected chi connectivity index (χ0v) is 11.2. The molecule has 0 fully saturated rings. The average molecular weight is 296 g/mol. The van der Waals surface area contributed by atoms with Crippen LogP contribution in [-0.2, 0) is 0 Å². The summed E-state index contributed by atoms with van der Waals surface area (Å²) in [5, 5.41) is 8.80. The first-order chi connectivity index (χ1) is 9.13. The normalized spacial score (nSPS) is 10.9.